The average Bonchev–Trinajstić information content (AvgIpc) is 2.41. The highest BCUT2D eigenvalue weighted by Crippen LogP contribution is 2.48. The van der Waals surface area contributed by atoms with Crippen molar-refractivity contribution in [2.45, 2.75) is 70.2 Å². The molecule has 0 radical (unpaired) electrons. The Hall–Kier alpha value is -0.333. The molecule has 2 rings (SSSR count). The molecule has 0 N–H and O–H groups in total. The average molecular weight is 251 g/mol. The third kappa shape index (κ3) is 3.11. The van der Waals surface area contributed by atoms with E-state index in [-0.39, 0.29) is 0 Å². The second-order valence-electron chi connectivity index (χ2n) is 6.89. The monoisotopic (exact) mass is 251 g/mol. The molecular weight excluding hydrogens is 226 g/mol. The zero-order valence-electron chi connectivity index (χ0n) is 11.5. The van der Waals surface area contributed by atoms with Crippen LogP contribution in [0.2, 0.25) is 19.6 Å². The largest absolute Gasteiger partial charge is 0.400 e. The maximum absolute atomic E-state index is 9.54. The van der Waals surface area contributed by atoms with Gasteiger partial charge >= 0.3 is 0 Å². The summed E-state index contributed by atoms with van der Waals surface area (Å²) in [6.45, 7) is 6.58. The van der Waals surface area contributed by atoms with E-state index in [0.717, 1.165) is 24.7 Å². The summed E-state index contributed by atoms with van der Waals surface area (Å²) in [4.78, 5) is 0. The van der Waals surface area contributed by atoms with Gasteiger partial charge in [0, 0.05) is 0 Å². The summed E-state index contributed by atoms with van der Waals surface area (Å²) in [5.74, 6) is 1.52. The fourth-order valence-electron chi connectivity index (χ4n) is 3.71. The first-order valence-electron chi connectivity index (χ1n) is 7.06. The lowest BCUT2D eigenvalue weighted by Gasteiger charge is -2.30. The normalized spacial score (nSPS) is 32.6. The van der Waals surface area contributed by atoms with E-state index in [1.807, 2.05) is 0 Å². The molecule has 2 nitrogen and oxygen atoms in total. The minimum Gasteiger partial charge on any atom is -0.400 e. The molecular formula is C14H25NOSi. The van der Waals surface area contributed by atoms with Crippen molar-refractivity contribution in [2.24, 2.45) is 11.8 Å². The zero-order chi connectivity index (χ0) is 12.5. The first kappa shape index (κ1) is 13.1. The number of hydrogen-bond donors (Lipinski definition) is 0. The predicted molar refractivity (Wildman–Crippen MR) is 72.1 cm³/mol. The van der Waals surface area contributed by atoms with E-state index in [9.17, 15) is 5.26 Å². The smallest absolute Gasteiger partial charge is 0.185 e. The van der Waals surface area contributed by atoms with Gasteiger partial charge in [0.15, 0.2) is 8.32 Å². The van der Waals surface area contributed by atoms with Crippen LogP contribution in [0.25, 0.3) is 0 Å². The molecule has 0 spiro atoms. The standard InChI is InChI=1S/C14H25NOSi/c1-17(2,3)16-14(11-15)9-12-7-5-4-6-8-13(12)10-14/h12-13H,4-10H2,1-3H3/t12-,13-/m0/s1. The Kier molecular flexibility index (Phi) is 3.65. The van der Waals surface area contributed by atoms with Crippen molar-refractivity contribution < 1.29 is 4.43 Å². The molecule has 2 saturated carbocycles. The second kappa shape index (κ2) is 4.74. The summed E-state index contributed by atoms with van der Waals surface area (Å²) < 4.78 is 6.25. The van der Waals surface area contributed by atoms with Crippen LogP contribution in [0.15, 0.2) is 0 Å². The van der Waals surface area contributed by atoms with E-state index in [1.165, 1.54) is 32.1 Å². The highest BCUT2D eigenvalue weighted by atomic mass is 28.4. The first-order valence-corrected chi connectivity index (χ1v) is 10.5. The quantitative estimate of drug-likeness (QED) is 0.692. The van der Waals surface area contributed by atoms with Crippen LogP contribution in [0.4, 0.5) is 0 Å². The minimum absolute atomic E-state index is 0.433. The van der Waals surface area contributed by atoms with Gasteiger partial charge in [-0.2, -0.15) is 5.26 Å². The molecule has 2 aliphatic carbocycles. The summed E-state index contributed by atoms with van der Waals surface area (Å²) in [6, 6.07) is 2.52. The van der Waals surface area contributed by atoms with Crippen molar-refractivity contribution in [1.82, 2.24) is 0 Å². The molecule has 17 heavy (non-hydrogen) atoms. The van der Waals surface area contributed by atoms with Gasteiger partial charge in [-0.05, 0) is 44.3 Å². The van der Waals surface area contributed by atoms with Gasteiger partial charge < -0.3 is 4.43 Å². The molecule has 3 heteroatoms. The molecule has 2 atom stereocenters. The number of fused-ring (bicyclic) bond motifs is 1. The fourth-order valence-corrected chi connectivity index (χ4v) is 5.10. The molecule has 0 amide bonds. The van der Waals surface area contributed by atoms with Crippen molar-refractivity contribution in [3.05, 3.63) is 0 Å². The summed E-state index contributed by atoms with van der Waals surface area (Å²) in [7, 11) is -1.61. The van der Waals surface area contributed by atoms with E-state index in [2.05, 4.69) is 25.7 Å². The van der Waals surface area contributed by atoms with Crippen LogP contribution in [-0.2, 0) is 4.43 Å². The number of rotatable bonds is 2. The number of nitriles is 1. The molecule has 0 aromatic rings. The van der Waals surface area contributed by atoms with Gasteiger partial charge in [-0.25, -0.2) is 0 Å². The van der Waals surface area contributed by atoms with Crippen LogP contribution in [0.3, 0.4) is 0 Å². The van der Waals surface area contributed by atoms with Crippen LogP contribution in [0.5, 0.6) is 0 Å². The van der Waals surface area contributed by atoms with E-state index in [0.29, 0.717) is 0 Å². The van der Waals surface area contributed by atoms with E-state index in [1.54, 1.807) is 0 Å². The molecule has 0 aliphatic heterocycles. The number of hydrogen-bond acceptors (Lipinski definition) is 2. The second-order valence-corrected chi connectivity index (χ2v) is 11.3. The van der Waals surface area contributed by atoms with Gasteiger partial charge in [-0.3, -0.25) is 0 Å². The SMILES string of the molecule is C[Si](C)(C)OC1(C#N)C[C@@H]2CCCCC[C@H]2C1. The lowest BCUT2D eigenvalue weighted by molar-refractivity contribution is 0.118. The fraction of sp³-hybridized carbons (Fsp3) is 0.929. The third-order valence-electron chi connectivity index (χ3n) is 4.21. The molecule has 0 bridgehead atoms. The van der Waals surface area contributed by atoms with Gasteiger partial charge in [-0.15, -0.1) is 0 Å². The molecule has 0 aromatic carbocycles. The van der Waals surface area contributed by atoms with Crippen molar-refractivity contribution >= 4 is 8.32 Å². The van der Waals surface area contributed by atoms with Gasteiger partial charge in [-0.1, -0.05) is 32.1 Å². The molecule has 0 unspecified atom stereocenters. The molecule has 96 valence electrons. The van der Waals surface area contributed by atoms with Crippen molar-refractivity contribution in [3.8, 4) is 6.07 Å². The Morgan fingerprint density at radius 1 is 1.06 bits per heavy atom. The lowest BCUT2D eigenvalue weighted by Crippen LogP contribution is -2.40. The molecule has 0 aromatic heterocycles. The highest BCUT2D eigenvalue weighted by molar-refractivity contribution is 6.69. The molecule has 0 saturated heterocycles. The third-order valence-corrected chi connectivity index (χ3v) is 5.21. The van der Waals surface area contributed by atoms with Gasteiger partial charge in [0.1, 0.15) is 5.60 Å². The Labute approximate surface area is 106 Å². The number of nitrogens with zero attached hydrogens (tertiary/aromatic N) is 1. The summed E-state index contributed by atoms with van der Waals surface area (Å²) in [5.41, 5.74) is -0.433. The van der Waals surface area contributed by atoms with Gasteiger partial charge in [0.25, 0.3) is 0 Å². The van der Waals surface area contributed by atoms with Gasteiger partial charge in [0.05, 0.1) is 6.07 Å². The van der Waals surface area contributed by atoms with E-state index < -0.39 is 13.9 Å². The summed E-state index contributed by atoms with van der Waals surface area (Å²) in [5, 5.41) is 9.54. The lowest BCUT2D eigenvalue weighted by atomic mass is 9.92. The maximum Gasteiger partial charge on any atom is 0.185 e. The zero-order valence-corrected chi connectivity index (χ0v) is 12.5. The predicted octanol–water partition coefficient (Wildman–Crippen LogP) is 4.09. The van der Waals surface area contributed by atoms with Crippen molar-refractivity contribution in [2.75, 3.05) is 0 Å². The van der Waals surface area contributed by atoms with E-state index >= 15 is 0 Å². The van der Waals surface area contributed by atoms with Crippen LogP contribution >= 0.6 is 0 Å². The van der Waals surface area contributed by atoms with Crippen LogP contribution in [0.1, 0.15) is 44.9 Å². The van der Waals surface area contributed by atoms with Crippen LogP contribution in [0, 0.1) is 23.2 Å². The van der Waals surface area contributed by atoms with E-state index in [4.69, 9.17) is 4.43 Å². The van der Waals surface area contributed by atoms with Crippen LogP contribution < -0.4 is 0 Å². The molecule has 2 aliphatic rings. The van der Waals surface area contributed by atoms with Crippen LogP contribution in [-0.4, -0.2) is 13.9 Å². The Morgan fingerprint density at radius 2 is 1.59 bits per heavy atom. The first-order chi connectivity index (χ1) is 7.94. The van der Waals surface area contributed by atoms with Crippen molar-refractivity contribution in [1.29, 1.82) is 5.26 Å². The van der Waals surface area contributed by atoms with Crippen molar-refractivity contribution in [3.63, 3.8) is 0 Å². The maximum atomic E-state index is 9.54. The summed E-state index contributed by atoms with van der Waals surface area (Å²) >= 11 is 0. The minimum atomic E-state index is -1.61. The Balaban J connectivity index is 2.09. The highest BCUT2D eigenvalue weighted by Gasteiger charge is 2.48. The Morgan fingerprint density at radius 3 is 2.00 bits per heavy atom. The Bertz CT molecular complexity index is 301. The topological polar surface area (TPSA) is 33.0 Å². The summed E-state index contributed by atoms with van der Waals surface area (Å²) in [6.07, 6.45) is 8.75. The van der Waals surface area contributed by atoms with Gasteiger partial charge in [0.2, 0.25) is 0 Å². The molecule has 2 fully saturated rings. The molecule has 0 heterocycles.